The molecule has 3 saturated carbocycles. The van der Waals surface area contributed by atoms with Gasteiger partial charge in [-0.2, -0.15) is 0 Å². The fraction of sp³-hybridized carbons (Fsp3) is 0.667. The summed E-state index contributed by atoms with van der Waals surface area (Å²) in [6.45, 7) is 4.46. The summed E-state index contributed by atoms with van der Waals surface area (Å²) in [4.78, 5) is 0. The van der Waals surface area contributed by atoms with Crippen LogP contribution in [0.4, 0.5) is 8.78 Å². The smallest absolute Gasteiger partial charge is 0.163 e. The van der Waals surface area contributed by atoms with Gasteiger partial charge in [0.15, 0.2) is 11.6 Å². The third kappa shape index (κ3) is 1.89. The van der Waals surface area contributed by atoms with Crippen molar-refractivity contribution in [3.8, 4) is 0 Å². The highest BCUT2D eigenvalue weighted by atomic mass is 19.2. The first-order valence-electron chi connectivity index (χ1n) is 8.31. The Kier molecular flexibility index (Phi) is 3.11. The molecule has 0 saturated heterocycles. The van der Waals surface area contributed by atoms with E-state index >= 15 is 0 Å². The van der Waals surface area contributed by atoms with Crippen molar-refractivity contribution in [2.24, 2.45) is 29.6 Å². The number of hydrogen-bond donors (Lipinski definition) is 1. The number of fused-ring (bicyclic) bond motifs is 5. The summed E-state index contributed by atoms with van der Waals surface area (Å²) in [6.07, 6.45) is 4.09. The first-order chi connectivity index (χ1) is 10.1. The van der Waals surface area contributed by atoms with Gasteiger partial charge in [0.25, 0.3) is 0 Å². The van der Waals surface area contributed by atoms with Gasteiger partial charge in [-0.25, -0.2) is 8.78 Å². The van der Waals surface area contributed by atoms with Gasteiger partial charge in [0.2, 0.25) is 0 Å². The number of nitrogens with one attached hydrogen (secondary N) is 1. The lowest BCUT2D eigenvalue weighted by Gasteiger charge is -2.23. The van der Waals surface area contributed by atoms with Crippen LogP contribution >= 0.6 is 0 Å². The Labute approximate surface area is 125 Å². The van der Waals surface area contributed by atoms with Crippen LogP contribution in [0, 0.1) is 48.1 Å². The van der Waals surface area contributed by atoms with E-state index < -0.39 is 11.6 Å². The quantitative estimate of drug-likeness (QED) is 0.876. The van der Waals surface area contributed by atoms with E-state index in [4.69, 9.17) is 0 Å². The zero-order valence-corrected chi connectivity index (χ0v) is 12.7. The summed E-state index contributed by atoms with van der Waals surface area (Å²) >= 11 is 0. The van der Waals surface area contributed by atoms with Gasteiger partial charge < -0.3 is 5.32 Å². The lowest BCUT2D eigenvalue weighted by Crippen LogP contribution is -2.26. The Balaban J connectivity index is 1.66. The molecule has 5 atom stereocenters. The second-order valence-electron chi connectivity index (χ2n) is 7.20. The largest absolute Gasteiger partial charge is 0.310 e. The Bertz CT molecular complexity index is 555. The van der Waals surface area contributed by atoms with Crippen molar-refractivity contribution in [2.45, 2.75) is 39.2 Å². The average molecular weight is 291 g/mol. The van der Waals surface area contributed by atoms with Gasteiger partial charge in [-0.15, -0.1) is 0 Å². The van der Waals surface area contributed by atoms with Crippen LogP contribution in [-0.2, 0) is 0 Å². The number of benzene rings is 1. The molecule has 0 amide bonds. The van der Waals surface area contributed by atoms with Gasteiger partial charge in [0.1, 0.15) is 0 Å². The van der Waals surface area contributed by atoms with Crippen molar-refractivity contribution in [1.82, 2.24) is 5.32 Å². The van der Waals surface area contributed by atoms with Crippen molar-refractivity contribution < 1.29 is 8.78 Å². The molecule has 3 aliphatic carbocycles. The molecule has 2 bridgehead atoms. The van der Waals surface area contributed by atoms with Gasteiger partial charge in [0, 0.05) is 11.6 Å². The minimum Gasteiger partial charge on any atom is -0.310 e. The van der Waals surface area contributed by atoms with Crippen LogP contribution in [-0.4, -0.2) is 6.54 Å². The first kappa shape index (κ1) is 13.7. The molecule has 1 N–H and O–H groups in total. The van der Waals surface area contributed by atoms with Crippen LogP contribution in [0.25, 0.3) is 0 Å². The summed E-state index contributed by atoms with van der Waals surface area (Å²) in [5.74, 6) is 2.43. The summed E-state index contributed by atoms with van der Waals surface area (Å²) in [5.41, 5.74) is 0.932. The van der Waals surface area contributed by atoms with E-state index in [2.05, 4.69) is 5.32 Å². The zero-order valence-electron chi connectivity index (χ0n) is 12.7. The normalized spacial score (nSPS) is 37.6. The van der Waals surface area contributed by atoms with E-state index in [1.165, 1.54) is 19.3 Å². The van der Waals surface area contributed by atoms with E-state index in [0.717, 1.165) is 30.2 Å². The predicted molar refractivity (Wildman–Crippen MR) is 78.8 cm³/mol. The molecule has 0 aliphatic heterocycles. The molecule has 114 valence electrons. The van der Waals surface area contributed by atoms with E-state index in [-0.39, 0.29) is 6.04 Å². The third-order valence-electron chi connectivity index (χ3n) is 6.24. The molecule has 21 heavy (non-hydrogen) atoms. The van der Waals surface area contributed by atoms with Crippen LogP contribution in [0.2, 0.25) is 0 Å². The maximum atomic E-state index is 14.4. The van der Waals surface area contributed by atoms with Gasteiger partial charge >= 0.3 is 0 Å². The van der Waals surface area contributed by atoms with E-state index in [9.17, 15) is 8.78 Å². The van der Waals surface area contributed by atoms with Crippen molar-refractivity contribution in [3.63, 3.8) is 0 Å². The Morgan fingerprint density at radius 1 is 1.14 bits per heavy atom. The zero-order chi connectivity index (χ0) is 14.7. The highest BCUT2D eigenvalue weighted by molar-refractivity contribution is 5.31. The average Bonchev–Trinajstić information content (AvgIpc) is 2.88. The van der Waals surface area contributed by atoms with Crippen molar-refractivity contribution >= 4 is 0 Å². The lowest BCUT2D eigenvalue weighted by molar-refractivity contribution is 0.361. The summed E-state index contributed by atoms with van der Waals surface area (Å²) in [7, 11) is 0. The van der Waals surface area contributed by atoms with E-state index in [0.29, 0.717) is 17.0 Å². The molecule has 0 radical (unpaired) electrons. The molecule has 3 aliphatic rings. The van der Waals surface area contributed by atoms with Gasteiger partial charge in [-0.05, 0) is 67.9 Å². The standard InChI is InChI=1S/C18H23F2N/c1-3-21-18(12-7-4-9(2)16(19)17(12)20)15-13-10-5-6-11(8-10)14(13)15/h4,7,10-11,13-15,18,21H,3,5-6,8H2,1-2H3. The number of hydrogen-bond acceptors (Lipinski definition) is 1. The Morgan fingerprint density at radius 2 is 1.81 bits per heavy atom. The van der Waals surface area contributed by atoms with Crippen LogP contribution in [0.15, 0.2) is 12.1 Å². The summed E-state index contributed by atoms with van der Waals surface area (Å²) in [6, 6.07) is 3.49. The molecule has 0 spiro atoms. The van der Waals surface area contributed by atoms with Crippen LogP contribution < -0.4 is 5.32 Å². The number of aryl methyl sites for hydroxylation is 1. The van der Waals surface area contributed by atoms with Gasteiger partial charge in [-0.1, -0.05) is 19.1 Å². The topological polar surface area (TPSA) is 12.0 Å². The second kappa shape index (κ2) is 4.77. The molecule has 1 aromatic carbocycles. The van der Waals surface area contributed by atoms with Crippen LogP contribution in [0.5, 0.6) is 0 Å². The summed E-state index contributed by atoms with van der Waals surface area (Å²) < 4.78 is 28.3. The van der Waals surface area contributed by atoms with Crippen molar-refractivity contribution in [3.05, 3.63) is 34.9 Å². The molecule has 0 aromatic heterocycles. The van der Waals surface area contributed by atoms with Crippen LogP contribution in [0.1, 0.15) is 43.4 Å². The van der Waals surface area contributed by atoms with Gasteiger partial charge in [-0.3, -0.25) is 0 Å². The monoisotopic (exact) mass is 291 g/mol. The minimum absolute atomic E-state index is 0.0106. The molecule has 1 aromatic rings. The molecule has 4 rings (SSSR count). The van der Waals surface area contributed by atoms with E-state index in [1.54, 1.807) is 19.1 Å². The molecular weight excluding hydrogens is 268 g/mol. The maximum absolute atomic E-state index is 14.4. The number of halogens is 2. The fourth-order valence-corrected chi connectivity index (χ4v) is 5.41. The molecule has 0 heterocycles. The lowest BCUT2D eigenvalue weighted by atomic mass is 9.92. The molecule has 5 unspecified atom stereocenters. The second-order valence-corrected chi connectivity index (χ2v) is 7.20. The van der Waals surface area contributed by atoms with Crippen molar-refractivity contribution in [2.75, 3.05) is 6.54 Å². The SMILES string of the molecule is CCNC(c1ccc(C)c(F)c1F)C1C2C3CCC(C3)C21. The molecule has 1 nitrogen and oxygen atoms in total. The Hall–Kier alpha value is -0.960. The Morgan fingerprint density at radius 3 is 2.43 bits per heavy atom. The van der Waals surface area contributed by atoms with Crippen molar-refractivity contribution in [1.29, 1.82) is 0 Å². The first-order valence-corrected chi connectivity index (χ1v) is 8.31. The minimum atomic E-state index is -0.677. The third-order valence-corrected chi connectivity index (χ3v) is 6.24. The van der Waals surface area contributed by atoms with Gasteiger partial charge in [0.05, 0.1) is 0 Å². The maximum Gasteiger partial charge on any atom is 0.163 e. The highest BCUT2D eigenvalue weighted by Crippen LogP contribution is 2.72. The molecular formula is C18H23F2N. The number of rotatable bonds is 4. The molecule has 3 heteroatoms. The molecule has 3 fully saturated rings. The summed E-state index contributed by atoms with van der Waals surface area (Å²) in [5, 5.41) is 3.44. The van der Waals surface area contributed by atoms with E-state index in [1.807, 2.05) is 6.92 Å². The van der Waals surface area contributed by atoms with Crippen LogP contribution in [0.3, 0.4) is 0 Å². The fourth-order valence-electron chi connectivity index (χ4n) is 5.41. The highest BCUT2D eigenvalue weighted by Gasteiger charge is 2.66. The predicted octanol–water partition coefficient (Wildman–Crippen LogP) is 4.22.